The molecule has 0 atom stereocenters. The minimum atomic E-state index is -4.27. The van der Waals surface area contributed by atoms with Gasteiger partial charge in [-0.05, 0) is 93.4 Å². The lowest BCUT2D eigenvalue weighted by atomic mass is 10.1. The third kappa shape index (κ3) is 5.62. The van der Waals surface area contributed by atoms with Crippen molar-refractivity contribution in [3.05, 3.63) is 124 Å². The van der Waals surface area contributed by atoms with Crippen LogP contribution in [0.2, 0.25) is 0 Å². The summed E-state index contributed by atoms with van der Waals surface area (Å²) in [6.45, 7) is 7.29. The normalized spacial score (nSPS) is 11.1. The fraction of sp³-hybridized carbons (Fsp3) is 0.133. The summed E-state index contributed by atoms with van der Waals surface area (Å²) in [5.74, 6) is -1.00. The average Bonchev–Trinajstić information content (AvgIpc) is 2.87. The van der Waals surface area contributed by atoms with Crippen LogP contribution in [-0.4, -0.2) is 20.3 Å². The van der Waals surface area contributed by atoms with E-state index < -0.39 is 21.9 Å². The molecule has 37 heavy (non-hydrogen) atoms. The molecule has 0 saturated carbocycles. The first kappa shape index (κ1) is 25.9. The Morgan fingerprint density at radius 1 is 0.649 bits per heavy atom. The number of hydrogen-bond acceptors (Lipinski definition) is 5. The molecule has 0 aromatic heterocycles. The standard InChI is InChI=1S/C30H27NO5S/c1-20-6-11-24(12-7-20)29(32)31(37(34,35)28-19-22(3)5-10-23(28)4)26-15-17-27(18-16-26)36-30(33)25-13-8-21(2)9-14-25/h5-19H,1-4H3. The van der Waals surface area contributed by atoms with E-state index in [0.29, 0.717) is 11.1 Å². The largest absolute Gasteiger partial charge is 0.423 e. The van der Waals surface area contributed by atoms with Crippen molar-refractivity contribution in [2.45, 2.75) is 32.6 Å². The first-order valence-electron chi connectivity index (χ1n) is 11.7. The zero-order chi connectivity index (χ0) is 26.7. The molecule has 188 valence electrons. The Kier molecular flexibility index (Phi) is 7.27. The number of esters is 1. The number of carbonyl (C=O) groups is 2. The molecule has 7 heteroatoms. The van der Waals surface area contributed by atoms with Gasteiger partial charge in [0.25, 0.3) is 15.9 Å². The number of carbonyl (C=O) groups excluding carboxylic acids is 2. The van der Waals surface area contributed by atoms with Crippen molar-refractivity contribution in [1.29, 1.82) is 0 Å². The molecule has 1 amide bonds. The van der Waals surface area contributed by atoms with E-state index in [0.717, 1.165) is 21.0 Å². The second-order valence-corrected chi connectivity index (χ2v) is 10.7. The van der Waals surface area contributed by atoms with Crippen LogP contribution in [0.15, 0.2) is 95.9 Å². The molecule has 0 saturated heterocycles. The van der Waals surface area contributed by atoms with Gasteiger partial charge in [-0.1, -0.05) is 47.5 Å². The van der Waals surface area contributed by atoms with Crippen LogP contribution in [-0.2, 0) is 10.0 Å². The minimum absolute atomic E-state index is 0.0443. The van der Waals surface area contributed by atoms with Gasteiger partial charge in [-0.25, -0.2) is 13.2 Å². The van der Waals surface area contributed by atoms with Crippen molar-refractivity contribution in [3.63, 3.8) is 0 Å². The van der Waals surface area contributed by atoms with Crippen LogP contribution in [0.3, 0.4) is 0 Å². The predicted molar refractivity (Wildman–Crippen MR) is 144 cm³/mol. The molecule has 0 radical (unpaired) electrons. The molecule has 4 aromatic rings. The molecular weight excluding hydrogens is 486 g/mol. The van der Waals surface area contributed by atoms with Gasteiger partial charge in [0, 0.05) is 5.56 Å². The van der Waals surface area contributed by atoms with E-state index in [4.69, 9.17) is 4.74 Å². The average molecular weight is 514 g/mol. The lowest BCUT2D eigenvalue weighted by Crippen LogP contribution is -2.37. The van der Waals surface area contributed by atoms with Crippen LogP contribution in [0.5, 0.6) is 5.75 Å². The molecule has 0 N–H and O–H groups in total. The van der Waals surface area contributed by atoms with E-state index >= 15 is 0 Å². The van der Waals surface area contributed by atoms with Gasteiger partial charge in [0.15, 0.2) is 0 Å². The summed E-state index contributed by atoms with van der Waals surface area (Å²) in [7, 11) is -4.27. The lowest BCUT2D eigenvalue weighted by Gasteiger charge is -2.24. The monoisotopic (exact) mass is 513 g/mol. The van der Waals surface area contributed by atoms with Gasteiger partial charge in [-0.15, -0.1) is 0 Å². The summed E-state index contributed by atoms with van der Waals surface area (Å²) in [6.07, 6.45) is 0. The number of amides is 1. The van der Waals surface area contributed by atoms with Gasteiger partial charge in [-0.3, -0.25) is 4.79 Å². The molecule has 0 aliphatic carbocycles. The molecule has 6 nitrogen and oxygen atoms in total. The smallest absolute Gasteiger partial charge is 0.343 e. The number of aryl methyl sites for hydroxylation is 4. The van der Waals surface area contributed by atoms with E-state index in [-0.39, 0.29) is 21.9 Å². The molecule has 0 fully saturated rings. The fourth-order valence-corrected chi connectivity index (χ4v) is 5.50. The highest BCUT2D eigenvalue weighted by atomic mass is 32.2. The number of rotatable bonds is 6. The highest BCUT2D eigenvalue weighted by Crippen LogP contribution is 2.30. The first-order valence-corrected chi connectivity index (χ1v) is 13.1. The summed E-state index contributed by atoms with van der Waals surface area (Å²) >= 11 is 0. The van der Waals surface area contributed by atoms with E-state index in [1.54, 1.807) is 62.4 Å². The maximum atomic E-state index is 13.9. The highest BCUT2D eigenvalue weighted by molar-refractivity contribution is 7.93. The summed E-state index contributed by atoms with van der Waals surface area (Å²) in [5.41, 5.74) is 3.99. The predicted octanol–water partition coefficient (Wildman–Crippen LogP) is 6.18. The summed E-state index contributed by atoms with van der Waals surface area (Å²) in [4.78, 5) is 26.1. The zero-order valence-electron chi connectivity index (χ0n) is 21.1. The Morgan fingerprint density at radius 2 is 1.16 bits per heavy atom. The quantitative estimate of drug-likeness (QED) is 0.227. The molecule has 0 unspecified atom stereocenters. The Labute approximate surface area is 217 Å². The van der Waals surface area contributed by atoms with Crippen molar-refractivity contribution in [1.82, 2.24) is 0 Å². The molecule has 0 heterocycles. The SMILES string of the molecule is Cc1ccc(C(=O)Oc2ccc(N(C(=O)c3ccc(C)cc3)S(=O)(=O)c3cc(C)ccc3C)cc2)cc1. The zero-order valence-corrected chi connectivity index (χ0v) is 21.9. The van der Waals surface area contributed by atoms with E-state index in [9.17, 15) is 18.0 Å². The number of hydrogen-bond donors (Lipinski definition) is 0. The maximum Gasteiger partial charge on any atom is 0.343 e. The van der Waals surface area contributed by atoms with Gasteiger partial charge in [0.05, 0.1) is 16.1 Å². The van der Waals surface area contributed by atoms with Crippen LogP contribution in [0.1, 0.15) is 43.0 Å². The van der Waals surface area contributed by atoms with Gasteiger partial charge < -0.3 is 4.74 Å². The van der Waals surface area contributed by atoms with Gasteiger partial charge in [-0.2, -0.15) is 4.31 Å². The topological polar surface area (TPSA) is 80.8 Å². The van der Waals surface area contributed by atoms with Crippen LogP contribution in [0.4, 0.5) is 5.69 Å². The van der Waals surface area contributed by atoms with Crippen molar-refractivity contribution >= 4 is 27.6 Å². The fourth-order valence-electron chi connectivity index (χ4n) is 3.77. The lowest BCUT2D eigenvalue weighted by molar-refractivity contribution is 0.0734. The Bertz CT molecular complexity index is 1560. The second kappa shape index (κ2) is 10.4. The van der Waals surface area contributed by atoms with E-state index in [1.165, 1.54) is 24.3 Å². The Balaban J connectivity index is 1.72. The third-order valence-corrected chi connectivity index (χ3v) is 7.77. The van der Waals surface area contributed by atoms with Crippen molar-refractivity contribution < 1.29 is 22.7 Å². The molecule has 4 aromatic carbocycles. The van der Waals surface area contributed by atoms with Crippen LogP contribution >= 0.6 is 0 Å². The second-order valence-electron chi connectivity index (χ2n) is 8.96. The molecule has 0 spiro atoms. The van der Waals surface area contributed by atoms with Gasteiger partial charge in [0.2, 0.25) is 0 Å². The van der Waals surface area contributed by atoms with Gasteiger partial charge >= 0.3 is 5.97 Å². The highest BCUT2D eigenvalue weighted by Gasteiger charge is 2.33. The van der Waals surface area contributed by atoms with Crippen LogP contribution in [0, 0.1) is 27.7 Å². The van der Waals surface area contributed by atoms with Crippen LogP contribution in [0.25, 0.3) is 0 Å². The van der Waals surface area contributed by atoms with E-state index in [2.05, 4.69) is 0 Å². The molecule has 0 aliphatic heterocycles. The van der Waals surface area contributed by atoms with Crippen molar-refractivity contribution in [2.24, 2.45) is 0 Å². The van der Waals surface area contributed by atoms with Crippen molar-refractivity contribution in [3.8, 4) is 5.75 Å². The molecular formula is C30H27NO5S. The number of ether oxygens (including phenoxy) is 1. The number of anilines is 1. The summed E-state index contributed by atoms with van der Waals surface area (Å²) in [5, 5.41) is 0. The summed E-state index contributed by atoms with van der Waals surface area (Å²) in [6, 6.07) is 24.6. The van der Waals surface area contributed by atoms with Gasteiger partial charge in [0.1, 0.15) is 5.75 Å². The number of nitrogens with zero attached hydrogens (tertiary/aromatic N) is 1. The molecule has 4 rings (SSSR count). The van der Waals surface area contributed by atoms with Crippen molar-refractivity contribution in [2.75, 3.05) is 4.31 Å². The Hall–Kier alpha value is -4.23. The summed E-state index contributed by atoms with van der Waals surface area (Å²) < 4.78 is 34.0. The van der Waals surface area contributed by atoms with Crippen LogP contribution < -0.4 is 9.04 Å². The van der Waals surface area contributed by atoms with E-state index in [1.807, 2.05) is 32.0 Å². The first-order chi connectivity index (χ1) is 17.6. The number of benzene rings is 4. The number of sulfonamides is 1. The Morgan fingerprint density at radius 3 is 1.73 bits per heavy atom. The minimum Gasteiger partial charge on any atom is -0.423 e. The molecule has 0 aliphatic rings. The maximum absolute atomic E-state index is 13.9. The molecule has 0 bridgehead atoms. The third-order valence-electron chi connectivity index (χ3n) is 5.91.